The first-order valence-corrected chi connectivity index (χ1v) is 6.43. The summed E-state index contributed by atoms with van der Waals surface area (Å²) < 4.78 is 5.61. The fourth-order valence-electron chi connectivity index (χ4n) is 2.52. The number of aromatic nitrogens is 1. The van der Waals surface area contributed by atoms with Crippen molar-refractivity contribution in [3.8, 4) is 0 Å². The second-order valence-electron chi connectivity index (χ2n) is 4.90. The van der Waals surface area contributed by atoms with Crippen molar-refractivity contribution in [1.82, 2.24) is 4.98 Å². The van der Waals surface area contributed by atoms with Crippen LogP contribution >= 0.6 is 11.6 Å². The quantitative estimate of drug-likeness (QED) is 0.842. The first kappa shape index (κ1) is 11.8. The summed E-state index contributed by atoms with van der Waals surface area (Å²) in [5.41, 5.74) is 0.901. The summed E-state index contributed by atoms with van der Waals surface area (Å²) in [5.74, 6) is 0.0357. The van der Waals surface area contributed by atoms with E-state index in [1.54, 1.807) is 6.20 Å². The summed E-state index contributed by atoms with van der Waals surface area (Å²) in [7, 11) is 0. The number of ether oxygens (including phenoxy) is 1. The van der Waals surface area contributed by atoms with Crippen molar-refractivity contribution in [2.24, 2.45) is 0 Å². The van der Waals surface area contributed by atoms with E-state index in [1.807, 2.05) is 25.1 Å². The molecule has 1 atom stereocenters. The highest BCUT2D eigenvalue weighted by Crippen LogP contribution is 2.32. The van der Waals surface area contributed by atoms with Crippen molar-refractivity contribution in [1.29, 1.82) is 0 Å². The zero-order valence-corrected chi connectivity index (χ0v) is 10.9. The molecule has 94 valence electrons. The third-order valence-electron chi connectivity index (χ3n) is 3.59. The Morgan fingerprint density at radius 1 is 1.50 bits per heavy atom. The number of benzene rings is 1. The molecule has 1 N–H and O–H groups in total. The van der Waals surface area contributed by atoms with Crippen molar-refractivity contribution in [2.45, 2.75) is 25.4 Å². The van der Waals surface area contributed by atoms with E-state index in [0.29, 0.717) is 17.2 Å². The molecule has 1 aromatic carbocycles. The number of hydrogen-bond acceptors (Lipinski definition) is 2. The molecule has 2 heterocycles. The lowest BCUT2D eigenvalue weighted by Crippen LogP contribution is -2.34. The van der Waals surface area contributed by atoms with Crippen LogP contribution in [0.3, 0.4) is 0 Å². The van der Waals surface area contributed by atoms with E-state index in [1.165, 1.54) is 0 Å². The molecule has 0 amide bonds. The lowest BCUT2D eigenvalue weighted by atomic mass is 9.92. The number of halogens is 1. The van der Waals surface area contributed by atoms with Gasteiger partial charge in [-0.25, -0.2) is 0 Å². The summed E-state index contributed by atoms with van der Waals surface area (Å²) >= 11 is 5.99. The van der Waals surface area contributed by atoms with Crippen LogP contribution in [0.5, 0.6) is 0 Å². The van der Waals surface area contributed by atoms with Crippen molar-refractivity contribution < 1.29 is 9.53 Å². The number of carbonyl (C=O) groups is 1. The number of H-pyrrole nitrogens is 1. The molecule has 0 saturated carbocycles. The number of aromatic amines is 1. The predicted octanol–water partition coefficient (Wildman–Crippen LogP) is 3.57. The summed E-state index contributed by atoms with van der Waals surface area (Å²) in [6, 6.07) is 5.51. The van der Waals surface area contributed by atoms with Crippen LogP contribution in [0.15, 0.2) is 24.4 Å². The molecule has 0 aliphatic carbocycles. The fourth-order valence-corrected chi connectivity index (χ4v) is 2.70. The summed E-state index contributed by atoms with van der Waals surface area (Å²) in [5, 5.41) is 1.50. The van der Waals surface area contributed by atoms with Gasteiger partial charge in [-0.3, -0.25) is 4.79 Å². The zero-order valence-electron chi connectivity index (χ0n) is 10.1. The molecule has 0 spiro atoms. The van der Waals surface area contributed by atoms with Crippen LogP contribution in [0.25, 0.3) is 10.9 Å². The van der Waals surface area contributed by atoms with Gasteiger partial charge in [0.1, 0.15) is 5.60 Å². The molecular formula is C14H14ClNO2. The van der Waals surface area contributed by atoms with Crippen molar-refractivity contribution in [3.05, 3.63) is 35.0 Å². The third kappa shape index (κ3) is 1.74. The van der Waals surface area contributed by atoms with Gasteiger partial charge >= 0.3 is 0 Å². The van der Waals surface area contributed by atoms with Crippen molar-refractivity contribution in [2.75, 3.05) is 6.61 Å². The highest BCUT2D eigenvalue weighted by atomic mass is 35.5. The van der Waals surface area contributed by atoms with E-state index < -0.39 is 5.60 Å². The Balaban J connectivity index is 2.09. The molecule has 1 unspecified atom stereocenters. The monoisotopic (exact) mass is 263 g/mol. The molecule has 18 heavy (non-hydrogen) atoms. The Morgan fingerprint density at radius 3 is 3.06 bits per heavy atom. The largest absolute Gasteiger partial charge is 0.367 e. The Morgan fingerprint density at radius 2 is 2.33 bits per heavy atom. The number of nitrogens with one attached hydrogen (secondary N) is 1. The van der Waals surface area contributed by atoms with Crippen LogP contribution in [0.2, 0.25) is 5.02 Å². The van der Waals surface area contributed by atoms with Gasteiger partial charge in [-0.05, 0) is 38.0 Å². The Bertz CT molecular complexity index is 611. The molecule has 3 nitrogen and oxygen atoms in total. The van der Waals surface area contributed by atoms with E-state index in [2.05, 4.69) is 4.98 Å². The molecule has 1 aromatic heterocycles. The van der Waals surface area contributed by atoms with E-state index in [-0.39, 0.29) is 5.78 Å². The van der Waals surface area contributed by atoms with Gasteiger partial charge in [0.2, 0.25) is 0 Å². The number of fused-ring (bicyclic) bond motifs is 1. The zero-order chi connectivity index (χ0) is 12.8. The SMILES string of the molecule is CC1(C(=O)c2c[nH]c3ccc(Cl)cc23)CCCO1. The van der Waals surface area contributed by atoms with Gasteiger partial charge in [0.25, 0.3) is 0 Å². The fraction of sp³-hybridized carbons (Fsp3) is 0.357. The van der Waals surface area contributed by atoms with Crippen molar-refractivity contribution in [3.63, 3.8) is 0 Å². The summed E-state index contributed by atoms with van der Waals surface area (Å²) in [4.78, 5) is 15.7. The van der Waals surface area contributed by atoms with Crippen LogP contribution in [0, 0.1) is 0 Å². The number of hydrogen-bond donors (Lipinski definition) is 1. The standard InChI is InChI=1S/C14H14ClNO2/c1-14(5-2-6-18-14)13(17)11-8-16-12-4-3-9(15)7-10(11)12/h3-4,7-8,16H,2,5-6H2,1H3. The molecule has 4 heteroatoms. The van der Waals surface area contributed by atoms with Crippen LogP contribution < -0.4 is 0 Å². The van der Waals surface area contributed by atoms with E-state index in [9.17, 15) is 4.79 Å². The highest BCUT2D eigenvalue weighted by molar-refractivity contribution is 6.31. The predicted molar refractivity (Wildman–Crippen MR) is 71.2 cm³/mol. The van der Waals surface area contributed by atoms with Gasteiger partial charge in [-0.15, -0.1) is 0 Å². The molecule has 3 rings (SSSR count). The topological polar surface area (TPSA) is 42.1 Å². The van der Waals surface area contributed by atoms with Gasteiger partial charge in [0, 0.05) is 34.3 Å². The molecule has 1 fully saturated rings. The van der Waals surface area contributed by atoms with Crippen LogP contribution in [0.1, 0.15) is 30.1 Å². The van der Waals surface area contributed by atoms with Crippen LogP contribution in [0.4, 0.5) is 0 Å². The number of Topliss-reactive ketones (excluding diaryl/α,β-unsaturated/α-hetero) is 1. The maximum atomic E-state index is 12.6. The van der Waals surface area contributed by atoms with Gasteiger partial charge in [-0.2, -0.15) is 0 Å². The Kier molecular flexibility index (Phi) is 2.68. The number of rotatable bonds is 2. The van der Waals surface area contributed by atoms with E-state index >= 15 is 0 Å². The average Bonchev–Trinajstić information content (AvgIpc) is 2.95. The lowest BCUT2D eigenvalue weighted by molar-refractivity contribution is 0.0215. The number of carbonyl (C=O) groups excluding carboxylic acids is 1. The van der Waals surface area contributed by atoms with Crippen LogP contribution in [-0.2, 0) is 4.74 Å². The van der Waals surface area contributed by atoms with Crippen LogP contribution in [-0.4, -0.2) is 23.0 Å². The second-order valence-corrected chi connectivity index (χ2v) is 5.34. The Labute approximate surface area is 110 Å². The van der Waals surface area contributed by atoms with Gasteiger partial charge in [0.05, 0.1) is 0 Å². The average molecular weight is 264 g/mol. The van der Waals surface area contributed by atoms with Gasteiger partial charge in [0.15, 0.2) is 5.78 Å². The lowest BCUT2D eigenvalue weighted by Gasteiger charge is -2.20. The van der Waals surface area contributed by atoms with Crippen molar-refractivity contribution >= 4 is 28.3 Å². The minimum atomic E-state index is -0.683. The molecule has 0 bridgehead atoms. The van der Waals surface area contributed by atoms with E-state index in [0.717, 1.165) is 23.7 Å². The van der Waals surface area contributed by atoms with E-state index in [4.69, 9.17) is 16.3 Å². The van der Waals surface area contributed by atoms with Gasteiger partial charge < -0.3 is 9.72 Å². The molecule has 1 aliphatic rings. The molecular weight excluding hydrogens is 250 g/mol. The minimum absolute atomic E-state index is 0.0357. The first-order chi connectivity index (χ1) is 8.60. The summed E-state index contributed by atoms with van der Waals surface area (Å²) in [6.07, 6.45) is 3.46. The maximum absolute atomic E-state index is 12.6. The first-order valence-electron chi connectivity index (χ1n) is 6.05. The smallest absolute Gasteiger partial charge is 0.196 e. The maximum Gasteiger partial charge on any atom is 0.196 e. The Hall–Kier alpha value is -1.32. The highest BCUT2D eigenvalue weighted by Gasteiger charge is 2.39. The molecule has 2 aromatic rings. The molecule has 0 radical (unpaired) electrons. The summed E-state index contributed by atoms with van der Waals surface area (Å²) in [6.45, 7) is 2.52. The third-order valence-corrected chi connectivity index (χ3v) is 3.82. The molecule has 1 saturated heterocycles. The number of ketones is 1. The van der Waals surface area contributed by atoms with Gasteiger partial charge in [-0.1, -0.05) is 11.6 Å². The minimum Gasteiger partial charge on any atom is -0.367 e. The molecule has 1 aliphatic heterocycles. The second kappa shape index (κ2) is 4.11. The normalized spacial score (nSPS) is 23.7.